The third-order valence-corrected chi connectivity index (χ3v) is 6.37. The highest BCUT2D eigenvalue weighted by atomic mass is 35.5. The van der Waals surface area contributed by atoms with Gasteiger partial charge >= 0.3 is 6.36 Å². The van der Waals surface area contributed by atoms with Gasteiger partial charge in [0.05, 0.1) is 12.2 Å². The summed E-state index contributed by atoms with van der Waals surface area (Å²) in [5.41, 5.74) is 6.14. The molecule has 6 nitrogen and oxygen atoms in total. The molecule has 0 aliphatic rings. The number of ether oxygens (including phenoxy) is 2. The van der Waals surface area contributed by atoms with Gasteiger partial charge in [0.15, 0.2) is 5.03 Å². The molecule has 0 amide bonds. The number of nitrogens with two attached hydrogens (primary N) is 1. The monoisotopic (exact) mass is 539 g/mol. The van der Waals surface area contributed by atoms with Crippen molar-refractivity contribution in [2.45, 2.75) is 48.6 Å². The first kappa shape index (κ1) is 27.6. The topological polar surface area (TPSA) is 79.4 Å². The van der Waals surface area contributed by atoms with E-state index < -0.39 is 17.5 Å². The molecule has 3 aromatic rings. The van der Waals surface area contributed by atoms with Crippen molar-refractivity contribution >= 4 is 23.4 Å². The third-order valence-electron chi connectivity index (χ3n) is 5.04. The number of alkyl halides is 3. The maximum Gasteiger partial charge on any atom is 0.573 e. The van der Waals surface area contributed by atoms with Crippen molar-refractivity contribution < 1.29 is 22.6 Å². The average Bonchev–Trinajstić information content (AvgIpc) is 2.79. The predicted molar refractivity (Wildman–Crippen MR) is 134 cm³/mol. The summed E-state index contributed by atoms with van der Waals surface area (Å²) in [6.45, 7) is 7.92. The Kier molecular flexibility index (Phi) is 8.76. The Hall–Kier alpha value is -2.95. The lowest BCUT2D eigenvalue weighted by molar-refractivity contribution is -0.274. The van der Waals surface area contributed by atoms with Crippen LogP contribution in [-0.2, 0) is 11.2 Å². The first-order chi connectivity index (χ1) is 16.9. The van der Waals surface area contributed by atoms with Crippen LogP contribution in [0.5, 0.6) is 5.75 Å². The zero-order chi connectivity index (χ0) is 26.5. The molecule has 11 heteroatoms. The summed E-state index contributed by atoms with van der Waals surface area (Å²) in [6, 6.07) is 10.5. The molecule has 192 valence electrons. The molecule has 3 rings (SSSR count). The van der Waals surface area contributed by atoms with Gasteiger partial charge < -0.3 is 15.2 Å². The maximum absolute atomic E-state index is 13.0. The zero-order valence-corrected chi connectivity index (χ0v) is 21.2. The molecule has 0 bridgehead atoms. The van der Waals surface area contributed by atoms with E-state index in [9.17, 15) is 18.0 Å². The number of aromatic nitrogens is 2. The van der Waals surface area contributed by atoms with Crippen LogP contribution < -0.4 is 16.0 Å². The van der Waals surface area contributed by atoms with E-state index in [1.807, 2.05) is 19.9 Å². The predicted octanol–water partition coefficient (Wildman–Crippen LogP) is 6.14. The average molecular weight is 540 g/mol. The molecule has 36 heavy (non-hydrogen) atoms. The summed E-state index contributed by atoms with van der Waals surface area (Å²) in [6.07, 6.45) is -0.466. The van der Waals surface area contributed by atoms with Crippen molar-refractivity contribution in [3.05, 3.63) is 88.1 Å². The summed E-state index contributed by atoms with van der Waals surface area (Å²) in [7, 11) is 0. The Morgan fingerprint density at radius 2 is 1.89 bits per heavy atom. The second kappa shape index (κ2) is 11.4. The molecule has 0 fully saturated rings. The van der Waals surface area contributed by atoms with Gasteiger partial charge in [-0.3, -0.25) is 9.36 Å². The Morgan fingerprint density at radius 3 is 2.50 bits per heavy atom. The van der Waals surface area contributed by atoms with Crippen LogP contribution >= 0.6 is 23.4 Å². The molecule has 0 aliphatic heterocycles. The normalized spacial score (nSPS) is 11.9. The molecule has 2 aromatic carbocycles. The Labute approximate surface area is 215 Å². The standard InChI is InChI=1S/C25H25ClF3N3O3S/c1-16(15-30)34-24(2,3)11-10-17-4-5-18(14-21(17)26)32-13-12-31-22(23(32)33)36-20-8-6-19(7-9-20)35-25(27,28)29/h4-9,12-14H,1,10-11,15,30H2,2-3H3. The second-order valence-electron chi connectivity index (χ2n) is 8.41. The number of hydrogen-bond acceptors (Lipinski definition) is 6. The van der Waals surface area contributed by atoms with Gasteiger partial charge in [-0.2, -0.15) is 0 Å². The van der Waals surface area contributed by atoms with E-state index in [2.05, 4.69) is 16.3 Å². The van der Waals surface area contributed by atoms with Crippen LogP contribution in [-0.4, -0.2) is 28.1 Å². The fourth-order valence-corrected chi connectivity index (χ4v) is 4.36. The molecular weight excluding hydrogens is 515 g/mol. The van der Waals surface area contributed by atoms with Gasteiger partial charge in [0, 0.05) is 22.3 Å². The fraction of sp³-hybridized carbons (Fsp3) is 0.280. The van der Waals surface area contributed by atoms with E-state index in [0.29, 0.717) is 34.2 Å². The van der Waals surface area contributed by atoms with Crippen molar-refractivity contribution in [3.8, 4) is 11.4 Å². The minimum atomic E-state index is -4.77. The second-order valence-corrected chi connectivity index (χ2v) is 9.88. The third kappa shape index (κ3) is 7.78. The highest BCUT2D eigenvalue weighted by molar-refractivity contribution is 7.99. The van der Waals surface area contributed by atoms with E-state index in [1.54, 1.807) is 12.1 Å². The van der Waals surface area contributed by atoms with Gasteiger partial charge in [-0.1, -0.05) is 36.0 Å². The molecule has 0 radical (unpaired) electrons. The maximum atomic E-state index is 13.0. The molecule has 0 aliphatic carbocycles. The van der Waals surface area contributed by atoms with Crippen LogP contribution in [0, 0.1) is 0 Å². The molecule has 0 saturated carbocycles. The summed E-state index contributed by atoms with van der Waals surface area (Å²) in [4.78, 5) is 17.7. The van der Waals surface area contributed by atoms with Gasteiger partial charge in [-0.05, 0) is 68.7 Å². The number of benzene rings is 2. The van der Waals surface area contributed by atoms with Crippen molar-refractivity contribution in [2.75, 3.05) is 6.54 Å². The Balaban J connectivity index is 1.74. The van der Waals surface area contributed by atoms with E-state index >= 15 is 0 Å². The van der Waals surface area contributed by atoms with Gasteiger partial charge in [0.2, 0.25) is 0 Å². The molecule has 2 N–H and O–H groups in total. The highest BCUT2D eigenvalue weighted by Crippen LogP contribution is 2.29. The van der Waals surface area contributed by atoms with Crippen LogP contribution in [0.3, 0.4) is 0 Å². The molecule has 0 spiro atoms. The number of halogens is 4. The van der Waals surface area contributed by atoms with Crippen molar-refractivity contribution in [1.82, 2.24) is 9.55 Å². The molecular formula is C25H25ClF3N3O3S. The van der Waals surface area contributed by atoms with E-state index in [4.69, 9.17) is 22.1 Å². The zero-order valence-electron chi connectivity index (χ0n) is 19.6. The quantitative estimate of drug-likeness (QED) is 0.312. The largest absolute Gasteiger partial charge is 0.573 e. The molecule has 0 saturated heterocycles. The van der Waals surface area contributed by atoms with E-state index in [-0.39, 0.29) is 17.3 Å². The van der Waals surface area contributed by atoms with Gasteiger partial charge in [-0.15, -0.1) is 13.2 Å². The molecule has 1 heterocycles. The fourth-order valence-electron chi connectivity index (χ4n) is 3.30. The number of hydrogen-bond donors (Lipinski definition) is 1. The number of nitrogens with zero attached hydrogens (tertiary/aromatic N) is 2. The lowest BCUT2D eigenvalue weighted by atomic mass is 9.98. The lowest BCUT2D eigenvalue weighted by Gasteiger charge is -2.27. The van der Waals surface area contributed by atoms with Gasteiger partial charge in [0.1, 0.15) is 17.1 Å². The summed E-state index contributed by atoms with van der Waals surface area (Å²) in [5.74, 6) is 0.164. The van der Waals surface area contributed by atoms with Gasteiger partial charge in [-0.25, -0.2) is 4.98 Å². The van der Waals surface area contributed by atoms with E-state index in [0.717, 1.165) is 17.3 Å². The van der Waals surface area contributed by atoms with Crippen LogP contribution in [0.25, 0.3) is 5.69 Å². The van der Waals surface area contributed by atoms with E-state index in [1.165, 1.54) is 41.2 Å². The highest BCUT2D eigenvalue weighted by Gasteiger charge is 2.31. The van der Waals surface area contributed by atoms with Crippen LogP contribution in [0.4, 0.5) is 13.2 Å². The first-order valence-corrected chi connectivity index (χ1v) is 12.0. The molecule has 0 atom stereocenters. The minimum Gasteiger partial charge on any atom is -0.491 e. The van der Waals surface area contributed by atoms with Crippen LogP contribution in [0.15, 0.2) is 81.9 Å². The molecule has 1 aromatic heterocycles. The first-order valence-electron chi connectivity index (χ1n) is 10.8. The summed E-state index contributed by atoms with van der Waals surface area (Å²) in [5, 5.41) is 0.653. The van der Waals surface area contributed by atoms with Crippen molar-refractivity contribution in [2.24, 2.45) is 5.73 Å². The Morgan fingerprint density at radius 1 is 1.19 bits per heavy atom. The van der Waals surface area contributed by atoms with Crippen molar-refractivity contribution in [1.29, 1.82) is 0 Å². The summed E-state index contributed by atoms with van der Waals surface area (Å²) < 4.78 is 48.1. The summed E-state index contributed by atoms with van der Waals surface area (Å²) >= 11 is 7.55. The van der Waals surface area contributed by atoms with Gasteiger partial charge in [0.25, 0.3) is 5.56 Å². The Bertz CT molecular complexity index is 1280. The lowest BCUT2D eigenvalue weighted by Crippen LogP contribution is -2.26. The smallest absolute Gasteiger partial charge is 0.491 e. The number of rotatable bonds is 10. The van der Waals surface area contributed by atoms with Crippen LogP contribution in [0.2, 0.25) is 5.02 Å². The van der Waals surface area contributed by atoms with Crippen LogP contribution in [0.1, 0.15) is 25.8 Å². The molecule has 0 unspecified atom stereocenters. The van der Waals surface area contributed by atoms with Crippen molar-refractivity contribution in [3.63, 3.8) is 0 Å². The number of aryl methyl sites for hydroxylation is 1. The minimum absolute atomic E-state index is 0.154. The SMILES string of the molecule is C=C(CN)OC(C)(C)CCc1ccc(-n2ccnc(Sc3ccc(OC(F)(F)F)cc3)c2=O)cc1Cl.